The summed E-state index contributed by atoms with van der Waals surface area (Å²) in [4.78, 5) is 5.00. The van der Waals surface area contributed by atoms with Gasteiger partial charge < -0.3 is 15.5 Å². The number of nitrogens with zero attached hydrogens (tertiary/aromatic N) is 2. The van der Waals surface area contributed by atoms with Gasteiger partial charge in [-0.2, -0.15) is 0 Å². The Balaban J connectivity index is 3.33. The van der Waals surface area contributed by atoms with Gasteiger partial charge >= 0.3 is 0 Å². The molecule has 0 aliphatic heterocycles. The number of rotatable bonds is 6. The van der Waals surface area contributed by atoms with E-state index in [2.05, 4.69) is 30.9 Å². The molecule has 0 aromatic rings. The summed E-state index contributed by atoms with van der Waals surface area (Å²) in [5.74, 6) is 0. The molecule has 72 valence electrons. The van der Waals surface area contributed by atoms with Crippen molar-refractivity contribution in [3.63, 3.8) is 0 Å². The van der Waals surface area contributed by atoms with E-state index in [0.717, 1.165) is 26.1 Å². The van der Waals surface area contributed by atoms with Crippen molar-refractivity contribution in [1.82, 2.24) is 9.80 Å². The molecule has 0 aromatic heterocycles. The van der Waals surface area contributed by atoms with Crippen molar-refractivity contribution in [3.05, 3.63) is 0 Å². The highest BCUT2D eigenvalue weighted by Gasteiger charge is 1.99. The SMILES string of the molecule is CN(C)CCN(C)CCC(N)=S. The Labute approximate surface area is 80.5 Å². The van der Waals surface area contributed by atoms with E-state index in [1.165, 1.54) is 0 Å². The molecule has 0 aromatic carbocycles. The fraction of sp³-hybridized carbons (Fsp3) is 0.875. The first kappa shape index (κ1) is 11.8. The maximum Gasteiger partial charge on any atom is 0.0740 e. The van der Waals surface area contributed by atoms with Crippen LogP contribution in [-0.2, 0) is 0 Å². The molecule has 0 saturated carbocycles. The quantitative estimate of drug-likeness (QED) is 0.603. The Kier molecular flexibility index (Phi) is 6.24. The molecule has 2 N–H and O–H groups in total. The second kappa shape index (κ2) is 6.34. The van der Waals surface area contributed by atoms with E-state index in [-0.39, 0.29) is 0 Å². The zero-order valence-corrected chi connectivity index (χ0v) is 9.02. The molecule has 0 aliphatic carbocycles. The summed E-state index contributed by atoms with van der Waals surface area (Å²) in [5, 5.41) is 0. The molecule has 4 heteroatoms. The lowest BCUT2D eigenvalue weighted by Crippen LogP contribution is -2.30. The van der Waals surface area contributed by atoms with E-state index < -0.39 is 0 Å². The third-order valence-corrected chi connectivity index (χ3v) is 1.87. The van der Waals surface area contributed by atoms with Gasteiger partial charge in [-0.05, 0) is 21.1 Å². The smallest absolute Gasteiger partial charge is 0.0740 e. The van der Waals surface area contributed by atoms with Gasteiger partial charge in [-0.3, -0.25) is 0 Å². The first-order valence-corrected chi connectivity index (χ1v) is 4.54. The third kappa shape index (κ3) is 7.91. The molecule has 0 saturated heterocycles. The first-order chi connectivity index (χ1) is 5.52. The second-order valence-corrected chi connectivity index (χ2v) is 3.85. The Morgan fingerprint density at radius 1 is 1.17 bits per heavy atom. The lowest BCUT2D eigenvalue weighted by Gasteiger charge is -2.18. The van der Waals surface area contributed by atoms with Gasteiger partial charge in [0.1, 0.15) is 0 Å². The van der Waals surface area contributed by atoms with Crippen LogP contribution in [0.1, 0.15) is 6.42 Å². The maximum atomic E-state index is 5.39. The molecule has 12 heavy (non-hydrogen) atoms. The summed E-state index contributed by atoms with van der Waals surface area (Å²) in [6.45, 7) is 3.10. The standard InChI is InChI=1S/C8H19N3S/c1-10(2)6-7-11(3)5-4-8(9)12/h4-7H2,1-3H3,(H2,9,12). The maximum absolute atomic E-state index is 5.39. The van der Waals surface area contributed by atoms with Gasteiger partial charge in [0.25, 0.3) is 0 Å². The van der Waals surface area contributed by atoms with Gasteiger partial charge in [0.15, 0.2) is 0 Å². The molecule has 0 aliphatic rings. The zero-order valence-electron chi connectivity index (χ0n) is 8.21. The molecule has 0 rings (SSSR count). The van der Waals surface area contributed by atoms with E-state index in [1.807, 2.05) is 0 Å². The lowest BCUT2D eigenvalue weighted by atomic mass is 10.4. The number of hydrogen-bond acceptors (Lipinski definition) is 3. The Hall–Kier alpha value is -0.190. The number of nitrogens with two attached hydrogens (primary N) is 1. The molecule has 0 heterocycles. The van der Waals surface area contributed by atoms with Crippen LogP contribution in [0.5, 0.6) is 0 Å². The number of thiocarbonyl (C=S) groups is 1. The van der Waals surface area contributed by atoms with E-state index in [9.17, 15) is 0 Å². The highest BCUT2D eigenvalue weighted by Crippen LogP contribution is 1.88. The predicted octanol–water partition coefficient (Wildman–Crippen LogP) is 0.156. The van der Waals surface area contributed by atoms with Crippen molar-refractivity contribution < 1.29 is 0 Å². The van der Waals surface area contributed by atoms with E-state index in [0.29, 0.717) is 4.99 Å². The monoisotopic (exact) mass is 189 g/mol. The Bertz CT molecular complexity index is 136. The summed E-state index contributed by atoms with van der Waals surface area (Å²) in [5.41, 5.74) is 5.39. The Morgan fingerprint density at radius 3 is 2.17 bits per heavy atom. The normalized spacial score (nSPS) is 11.1. The van der Waals surface area contributed by atoms with Crippen LogP contribution < -0.4 is 5.73 Å². The minimum absolute atomic E-state index is 0.603. The largest absolute Gasteiger partial charge is 0.393 e. The minimum Gasteiger partial charge on any atom is -0.393 e. The predicted molar refractivity (Wildman–Crippen MR) is 57.5 cm³/mol. The van der Waals surface area contributed by atoms with Crippen molar-refractivity contribution >= 4 is 17.2 Å². The van der Waals surface area contributed by atoms with Gasteiger partial charge in [0.05, 0.1) is 4.99 Å². The molecule has 0 atom stereocenters. The first-order valence-electron chi connectivity index (χ1n) is 4.14. The summed E-state index contributed by atoms with van der Waals surface area (Å²) in [6.07, 6.45) is 0.819. The summed E-state index contributed by atoms with van der Waals surface area (Å²) in [7, 11) is 6.23. The van der Waals surface area contributed by atoms with Gasteiger partial charge in [-0.1, -0.05) is 12.2 Å². The summed E-state index contributed by atoms with van der Waals surface area (Å²) >= 11 is 4.79. The van der Waals surface area contributed by atoms with Crippen LogP contribution in [0, 0.1) is 0 Å². The van der Waals surface area contributed by atoms with Gasteiger partial charge in [-0.25, -0.2) is 0 Å². The van der Waals surface area contributed by atoms with Crippen molar-refractivity contribution in [2.75, 3.05) is 40.8 Å². The van der Waals surface area contributed by atoms with Crippen LogP contribution in [0.25, 0.3) is 0 Å². The number of likely N-dealkylation sites (N-methyl/N-ethyl adjacent to an activating group) is 2. The Morgan fingerprint density at radius 2 is 1.75 bits per heavy atom. The molecule has 0 fully saturated rings. The molecule has 3 nitrogen and oxygen atoms in total. The molecule has 0 radical (unpaired) electrons. The zero-order chi connectivity index (χ0) is 9.56. The molecule has 0 spiro atoms. The summed E-state index contributed by atoms with van der Waals surface area (Å²) in [6, 6.07) is 0. The summed E-state index contributed by atoms with van der Waals surface area (Å²) < 4.78 is 0. The van der Waals surface area contributed by atoms with Gasteiger partial charge in [0.2, 0.25) is 0 Å². The van der Waals surface area contributed by atoms with Crippen LogP contribution in [0.3, 0.4) is 0 Å². The highest BCUT2D eigenvalue weighted by molar-refractivity contribution is 7.80. The lowest BCUT2D eigenvalue weighted by molar-refractivity contribution is 0.288. The fourth-order valence-corrected chi connectivity index (χ4v) is 0.875. The molecular formula is C8H19N3S. The van der Waals surface area contributed by atoms with Crippen molar-refractivity contribution in [1.29, 1.82) is 0 Å². The number of hydrogen-bond donors (Lipinski definition) is 1. The minimum atomic E-state index is 0.603. The fourth-order valence-electron chi connectivity index (χ4n) is 0.784. The van der Waals surface area contributed by atoms with E-state index >= 15 is 0 Å². The van der Waals surface area contributed by atoms with E-state index in [1.54, 1.807) is 0 Å². The van der Waals surface area contributed by atoms with Crippen molar-refractivity contribution in [2.24, 2.45) is 5.73 Å². The topological polar surface area (TPSA) is 32.5 Å². The molecular weight excluding hydrogens is 170 g/mol. The van der Waals surface area contributed by atoms with Crippen LogP contribution >= 0.6 is 12.2 Å². The third-order valence-electron chi connectivity index (χ3n) is 1.67. The van der Waals surface area contributed by atoms with Crippen molar-refractivity contribution in [3.8, 4) is 0 Å². The van der Waals surface area contributed by atoms with Gasteiger partial charge in [-0.15, -0.1) is 0 Å². The van der Waals surface area contributed by atoms with Crippen molar-refractivity contribution in [2.45, 2.75) is 6.42 Å². The second-order valence-electron chi connectivity index (χ2n) is 3.32. The molecule has 0 unspecified atom stereocenters. The molecule has 0 bridgehead atoms. The van der Waals surface area contributed by atoms with Crippen LogP contribution in [-0.4, -0.2) is 55.6 Å². The average molecular weight is 189 g/mol. The van der Waals surface area contributed by atoms with E-state index in [4.69, 9.17) is 18.0 Å². The van der Waals surface area contributed by atoms with Crippen LogP contribution in [0.15, 0.2) is 0 Å². The van der Waals surface area contributed by atoms with Gasteiger partial charge in [0, 0.05) is 26.1 Å². The highest BCUT2D eigenvalue weighted by atomic mass is 32.1. The molecule has 0 amide bonds. The average Bonchev–Trinajstić information content (AvgIpc) is 1.96. The van der Waals surface area contributed by atoms with Crippen LogP contribution in [0.4, 0.5) is 0 Å². The van der Waals surface area contributed by atoms with Crippen LogP contribution in [0.2, 0.25) is 0 Å².